The molecule has 0 aliphatic carbocycles. The number of carbonyl (C=O) groups is 2. The molecule has 1 spiro atoms. The minimum atomic E-state index is -1.16. The maximum Gasteiger partial charge on any atom is 0.350 e. The largest absolute Gasteiger partial charge is 0.456 e. The first-order chi connectivity index (χ1) is 22.8. The Balaban J connectivity index is 1.31. The number of aryl methyl sites for hydroxylation is 1. The number of rotatable bonds is 8. The third-order valence-corrected chi connectivity index (χ3v) is 9.53. The fourth-order valence-electron chi connectivity index (χ4n) is 7.18. The highest BCUT2D eigenvalue weighted by atomic mass is 35.5. The minimum absolute atomic E-state index is 0.0975. The van der Waals surface area contributed by atoms with Crippen molar-refractivity contribution in [2.45, 2.75) is 39.2 Å². The first-order valence-corrected chi connectivity index (χ1v) is 16.5. The topological polar surface area (TPSA) is 64.6 Å². The van der Waals surface area contributed by atoms with E-state index in [1.165, 1.54) is 0 Å². The van der Waals surface area contributed by atoms with Gasteiger partial charge in [0.25, 0.3) is 0 Å². The average Bonchev–Trinajstić information content (AvgIpc) is 3.37. The first kappa shape index (κ1) is 30.7. The van der Waals surface area contributed by atoms with Crippen LogP contribution in [0.3, 0.4) is 0 Å². The van der Waals surface area contributed by atoms with Gasteiger partial charge in [0, 0.05) is 51.3 Å². The van der Waals surface area contributed by atoms with Gasteiger partial charge in [-0.3, -0.25) is 0 Å². The van der Waals surface area contributed by atoms with E-state index in [1.807, 2.05) is 72.8 Å². The Morgan fingerprint density at radius 2 is 1.47 bits per heavy atom. The van der Waals surface area contributed by atoms with Crippen LogP contribution in [0.15, 0.2) is 109 Å². The van der Waals surface area contributed by atoms with Gasteiger partial charge in [-0.05, 0) is 73.9 Å². The summed E-state index contributed by atoms with van der Waals surface area (Å²) in [6, 6.07) is 34.6. The van der Waals surface area contributed by atoms with Gasteiger partial charge in [0.05, 0.1) is 24.2 Å². The second-order valence-electron chi connectivity index (χ2n) is 12.3. The predicted octanol–water partition coefficient (Wildman–Crippen LogP) is 9.93. The summed E-state index contributed by atoms with van der Waals surface area (Å²) in [6.45, 7) is 7.69. The van der Waals surface area contributed by atoms with E-state index < -0.39 is 5.60 Å². The second-order valence-corrected chi connectivity index (χ2v) is 12.7. The smallest absolute Gasteiger partial charge is 0.350 e. The van der Waals surface area contributed by atoms with E-state index in [0.717, 1.165) is 52.2 Å². The molecule has 2 aliphatic rings. The number of halogens is 1. The zero-order valence-electron chi connectivity index (χ0n) is 26.7. The minimum Gasteiger partial charge on any atom is -0.456 e. The van der Waals surface area contributed by atoms with Crippen molar-refractivity contribution in [3.05, 3.63) is 148 Å². The molecule has 7 heteroatoms. The lowest BCUT2D eigenvalue weighted by Crippen LogP contribution is -2.55. The average molecular weight is 644 g/mol. The lowest BCUT2D eigenvalue weighted by molar-refractivity contribution is 0.0224. The summed E-state index contributed by atoms with van der Waals surface area (Å²) in [6.07, 6.45) is 1.72. The standard InChI is InChI=1S/C40H36ClN2O4/c1-4-21-43(22-5-2,38(44)27-11-7-6-8-12-27)30-18-15-26(3)35(25-30)42-29-17-20-34-37(24-29)46-36-23-28(41)16-19-33(36)40(34)32-14-10-9-13-31(32)39(45)47-40/h6-20,23-25,42H,4-5,21-22H2,1-3H3/q+1. The summed E-state index contributed by atoms with van der Waals surface area (Å²) < 4.78 is 13.0. The Hall–Kier alpha value is -4.91. The van der Waals surface area contributed by atoms with Crippen molar-refractivity contribution in [2.75, 3.05) is 18.4 Å². The zero-order valence-corrected chi connectivity index (χ0v) is 27.4. The highest BCUT2D eigenvalue weighted by Gasteiger charge is 2.53. The number of nitrogens with one attached hydrogen (secondary N) is 1. The Morgan fingerprint density at radius 1 is 0.787 bits per heavy atom. The lowest BCUT2D eigenvalue weighted by atomic mass is 9.77. The molecule has 1 unspecified atom stereocenters. The SMILES string of the molecule is CCC[N+](CCC)(C(=O)c1ccccc1)c1ccc(C)c(Nc2ccc3c(c2)Oc2cc(Cl)ccc2C32OC(=O)c3ccccc32)c1. The van der Waals surface area contributed by atoms with Crippen LogP contribution in [-0.2, 0) is 10.3 Å². The third-order valence-electron chi connectivity index (χ3n) is 9.29. The fourth-order valence-corrected chi connectivity index (χ4v) is 7.34. The van der Waals surface area contributed by atoms with Gasteiger partial charge in [-0.1, -0.05) is 67.9 Å². The van der Waals surface area contributed by atoms with Gasteiger partial charge in [0.2, 0.25) is 0 Å². The van der Waals surface area contributed by atoms with Gasteiger partial charge in [-0.25, -0.2) is 14.1 Å². The number of nitrogens with zero attached hydrogens (tertiary/aromatic N) is 1. The number of hydrogen-bond donors (Lipinski definition) is 1. The van der Waals surface area contributed by atoms with E-state index >= 15 is 0 Å². The third kappa shape index (κ3) is 5.00. The molecule has 236 valence electrons. The van der Waals surface area contributed by atoms with Crippen molar-refractivity contribution in [2.24, 2.45) is 0 Å². The molecule has 47 heavy (non-hydrogen) atoms. The maximum atomic E-state index is 14.2. The van der Waals surface area contributed by atoms with Crippen molar-refractivity contribution in [1.82, 2.24) is 4.48 Å². The van der Waals surface area contributed by atoms with E-state index in [1.54, 1.807) is 18.2 Å². The van der Waals surface area contributed by atoms with Crippen molar-refractivity contribution in [1.29, 1.82) is 0 Å². The van der Waals surface area contributed by atoms with E-state index in [2.05, 4.69) is 44.3 Å². The van der Waals surface area contributed by atoms with Crippen molar-refractivity contribution >= 4 is 40.5 Å². The first-order valence-electron chi connectivity index (χ1n) is 16.1. The number of fused-ring (bicyclic) bond motifs is 6. The fraction of sp³-hybridized carbons (Fsp3) is 0.200. The summed E-state index contributed by atoms with van der Waals surface area (Å²) in [5, 5.41) is 4.13. The molecule has 2 heterocycles. The van der Waals surface area contributed by atoms with E-state index in [0.29, 0.717) is 40.7 Å². The van der Waals surface area contributed by atoms with Crippen LogP contribution in [-0.4, -0.2) is 25.0 Å². The van der Waals surface area contributed by atoms with E-state index in [-0.39, 0.29) is 16.4 Å². The van der Waals surface area contributed by atoms with Crippen LogP contribution in [0.2, 0.25) is 5.02 Å². The van der Waals surface area contributed by atoms with Crippen molar-refractivity contribution < 1.29 is 19.1 Å². The van der Waals surface area contributed by atoms with E-state index in [4.69, 9.17) is 21.1 Å². The lowest BCUT2D eigenvalue weighted by Gasteiger charge is -2.37. The molecule has 1 atom stereocenters. The highest BCUT2D eigenvalue weighted by Crippen LogP contribution is 2.56. The molecule has 6 nitrogen and oxygen atoms in total. The number of ether oxygens (including phenoxy) is 2. The molecule has 0 fully saturated rings. The normalized spacial score (nSPS) is 16.1. The van der Waals surface area contributed by atoms with Crippen LogP contribution >= 0.6 is 11.6 Å². The van der Waals surface area contributed by atoms with Crippen LogP contribution in [0.1, 0.15) is 69.7 Å². The molecule has 2 aliphatic heterocycles. The van der Waals surface area contributed by atoms with Crippen LogP contribution < -0.4 is 14.5 Å². The molecular weight excluding hydrogens is 608 g/mol. The van der Waals surface area contributed by atoms with Gasteiger partial charge in [-0.2, -0.15) is 0 Å². The molecule has 0 saturated carbocycles. The quantitative estimate of drug-likeness (QED) is 0.135. The number of hydrogen-bond acceptors (Lipinski definition) is 5. The van der Waals surface area contributed by atoms with Gasteiger partial charge < -0.3 is 14.8 Å². The summed E-state index contributed by atoms with van der Waals surface area (Å²) in [4.78, 5) is 27.4. The zero-order chi connectivity index (χ0) is 32.8. The number of anilines is 2. The number of amides is 1. The molecule has 5 aromatic rings. The summed E-state index contributed by atoms with van der Waals surface area (Å²) in [5.74, 6) is 0.810. The molecular formula is C40H36ClN2O4+. The summed E-state index contributed by atoms with van der Waals surface area (Å²) >= 11 is 6.42. The Bertz CT molecular complexity index is 2020. The highest BCUT2D eigenvalue weighted by molar-refractivity contribution is 6.30. The van der Waals surface area contributed by atoms with Gasteiger partial charge >= 0.3 is 11.9 Å². The van der Waals surface area contributed by atoms with E-state index in [9.17, 15) is 9.59 Å². The molecule has 0 aromatic heterocycles. The van der Waals surface area contributed by atoms with Crippen molar-refractivity contribution in [3.63, 3.8) is 0 Å². The number of quaternary nitrogens is 1. The van der Waals surface area contributed by atoms with Crippen LogP contribution in [0.5, 0.6) is 11.5 Å². The molecule has 1 N–H and O–H groups in total. The Kier molecular flexibility index (Phi) is 7.87. The predicted molar refractivity (Wildman–Crippen MR) is 187 cm³/mol. The molecule has 1 amide bonds. The summed E-state index contributed by atoms with van der Waals surface area (Å²) in [7, 11) is 0. The summed E-state index contributed by atoms with van der Waals surface area (Å²) in [5.41, 5.74) is 5.97. The molecule has 0 radical (unpaired) electrons. The molecule has 5 aromatic carbocycles. The Morgan fingerprint density at radius 3 is 2.21 bits per heavy atom. The molecule has 0 bridgehead atoms. The van der Waals surface area contributed by atoms with Crippen molar-refractivity contribution in [3.8, 4) is 11.5 Å². The number of esters is 1. The van der Waals surface area contributed by atoms with Gasteiger partial charge in [0.1, 0.15) is 17.2 Å². The maximum absolute atomic E-state index is 14.2. The second kappa shape index (κ2) is 12.0. The monoisotopic (exact) mass is 643 g/mol. The van der Waals surface area contributed by atoms with Crippen LogP contribution in [0.4, 0.5) is 17.1 Å². The number of benzene rings is 5. The molecule has 0 saturated heterocycles. The number of carbonyl (C=O) groups excluding carboxylic acids is 2. The Labute approximate surface area is 280 Å². The van der Waals surface area contributed by atoms with Crippen LogP contribution in [0, 0.1) is 6.92 Å². The molecule has 7 rings (SSSR count). The van der Waals surface area contributed by atoms with Gasteiger partial charge in [0.15, 0.2) is 5.60 Å². The van der Waals surface area contributed by atoms with Gasteiger partial charge in [-0.15, -0.1) is 0 Å². The van der Waals surface area contributed by atoms with Crippen LogP contribution in [0.25, 0.3) is 0 Å².